The molecule has 5 heteroatoms. The number of ether oxygens (including phenoxy) is 1. The van der Waals surface area contributed by atoms with Crippen LogP contribution >= 0.6 is 11.6 Å². The van der Waals surface area contributed by atoms with Gasteiger partial charge in [0.15, 0.2) is 5.96 Å². The molecule has 0 bridgehead atoms. The van der Waals surface area contributed by atoms with Crippen LogP contribution in [0.1, 0.15) is 6.92 Å². The fourth-order valence-electron chi connectivity index (χ4n) is 1.32. The average molecular weight is 256 g/mol. The van der Waals surface area contributed by atoms with Gasteiger partial charge in [-0.1, -0.05) is 23.7 Å². The van der Waals surface area contributed by atoms with Crippen LogP contribution in [0.5, 0.6) is 5.75 Å². The molecule has 0 aromatic heterocycles. The predicted molar refractivity (Wildman–Crippen MR) is 72.0 cm³/mol. The maximum atomic E-state index is 6.00. The molecule has 94 valence electrons. The van der Waals surface area contributed by atoms with Crippen molar-refractivity contribution >= 4 is 17.6 Å². The van der Waals surface area contributed by atoms with E-state index < -0.39 is 0 Å². The molecule has 0 fully saturated rings. The summed E-state index contributed by atoms with van der Waals surface area (Å²) in [7, 11) is 3.54. The second-order valence-corrected chi connectivity index (χ2v) is 3.97. The van der Waals surface area contributed by atoms with Gasteiger partial charge in [0.05, 0.1) is 11.6 Å². The van der Waals surface area contributed by atoms with E-state index in [2.05, 4.69) is 15.6 Å². The lowest BCUT2D eigenvalue weighted by Gasteiger charge is -2.17. The minimum Gasteiger partial charge on any atom is -0.487 e. The molecule has 0 saturated carbocycles. The molecule has 0 heterocycles. The van der Waals surface area contributed by atoms with Gasteiger partial charge in [0.1, 0.15) is 11.9 Å². The van der Waals surface area contributed by atoms with E-state index >= 15 is 0 Å². The van der Waals surface area contributed by atoms with Crippen molar-refractivity contribution in [2.45, 2.75) is 13.0 Å². The van der Waals surface area contributed by atoms with Crippen LogP contribution < -0.4 is 15.4 Å². The lowest BCUT2D eigenvalue weighted by atomic mass is 10.3. The smallest absolute Gasteiger partial charge is 0.190 e. The molecule has 4 nitrogen and oxygen atoms in total. The molecular formula is C12H18ClN3O. The molecule has 0 aliphatic carbocycles. The lowest BCUT2D eigenvalue weighted by Crippen LogP contribution is -2.40. The summed E-state index contributed by atoms with van der Waals surface area (Å²) in [5.74, 6) is 1.43. The van der Waals surface area contributed by atoms with Crippen molar-refractivity contribution in [1.82, 2.24) is 10.6 Å². The molecule has 1 rings (SSSR count). The zero-order valence-electron chi connectivity index (χ0n) is 10.3. The maximum Gasteiger partial charge on any atom is 0.190 e. The quantitative estimate of drug-likeness (QED) is 0.638. The highest BCUT2D eigenvalue weighted by atomic mass is 35.5. The minimum atomic E-state index is -0.000000000000000222. The molecule has 0 aliphatic heterocycles. The second-order valence-electron chi connectivity index (χ2n) is 3.56. The molecule has 0 spiro atoms. The monoisotopic (exact) mass is 255 g/mol. The number of benzene rings is 1. The first-order valence-corrected chi connectivity index (χ1v) is 5.84. The van der Waals surface area contributed by atoms with Crippen molar-refractivity contribution in [3.63, 3.8) is 0 Å². The van der Waals surface area contributed by atoms with Gasteiger partial charge < -0.3 is 15.4 Å². The third kappa shape index (κ3) is 4.53. The number of nitrogens with zero attached hydrogens (tertiary/aromatic N) is 1. The Morgan fingerprint density at radius 2 is 2.18 bits per heavy atom. The van der Waals surface area contributed by atoms with E-state index in [0.29, 0.717) is 17.3 Å². The fraction of sp³-hybridized carbons (Fsp3) is 0.417. The first-order chi connectivity index (χ1) is 8.17. The number of guanidine groups is 1. The molecule has 1 unspecified atom stereocenters. The number of halogens is 1. The molecule has 1 aromatic rings. The summed E-state index contributed by atoms with van der Waals surface area (Å²) >= 11 is 6.00. The van der Waals surface area contributed by atoms with Crippen LogP contribution in [0.25, 0.3) is 0 Å². The summed E-state index contributed by atoms with van der Waals surface area (Å²) in [6, 6.07) is 7.43. The highest BCUT2D eigenvalue weighted by Crippen LogP contribution is 2.23. The van der Waals surface area contributed by atoms with Gasteiger partial charge in [-0.15, -0.1) is 0 Å². The maximum absolute atomic E-state index is 6.00. The largest absolute Gasteiger partial charge is 0.487 e. The van der Waals surface area contributed by atoms with Gasteiger partial charge in [0, 0.05) is 14.1 Å². The van der Waals surface area contributed by atoms with Crippen molar-refractivity contribution in [1.29, 1.82) is 0 Å². The Kier molecular flexibility index (Phi) is 5.63. The molecular weight excluding hydrogens is 238 g/mol. The van der Waals surface area contributed by atoms with E-state index in [9.17, 15) is 0 Å². The Morgan fingerprint density at radius 1 is 1.47 bits per heavy atom. The van der Waals surface area contributed by atoms with Crippen LogP contribution in [-0.4, -0.2) is 32.7 Å². The summed E-state index contributed by atoms with van der Waals surface area (Å²) < 4.78 is 5.71. The van der Waals surface area contributed by atoms with Crippen LogP contribution in [0.3, 0.4) is 0 Å². The van der Waals surface area contributed by atoms with Crippen molar-refractivity contribution in [3.05, 3.63) is 29.3 Å². The number of nitrogens with one attached hydrogen (secondary N) is 2. The molecule has 1 atom stereocenters. The SMILES string of the molecule is CN=C(NC)NCC(C)Oc1ccccc1Cl. The topological polar surface area (TPSA) is 45.7 Å². The number of aliphatic imine (C=N–C) groups is 1. The van der Waals surface area contributed by atoms with Crippen LogP contribution in [-0.2, 0) is 0 Å². The van der Waals surface area contributed by atoms with Crippen LogP contribution in [0.15, 0.2) is 29.3 Å². The van der Waals surface area contributed by atoms with Gasteiger partial charge in [-0.25, -0.2) is 0 Å². The van der Waals surface area contributed by atoms with E-state index in [0.717, 1.165) is 5.96 Å². The number of hydrogen-bond donors (Lipinski definition) is 2. The van der Waals surface area contributed by atoms with E-state index in [1.54, 1.807) is 7.05 Å². The number of para-hydroxylation sites is 1. The highest BCUT2D eigenvalue weighted by Gasteiger charge is 2.07. The third-order valence-corrected chi connectivity index (χ3v) is 2.49. The molecule has 0 amide bonds. The zero-order valence-corrected chi connectivity index (χ0v) is 11.1. The molecule has 2 N–H and O–H groups in total. The Bertz CT molecular complexity index is 382. The van der Waals surface area contributed by atoms with Crippen molar-refractivity contribution in [2.75, 3.05) is 20.6 Å². The van der Waals surface area contributed by atoms with Gasteiger partial charge >= 0.3 is 0 Å². The van der Waals surface area contributed by atoms with Crippen LogP contribution in [0, 0.1) is 0 Å². The molecule has 1 aromatic carbocycles. The lowest BCUT2D eigenvalue weighted by molar-refractivity contribution is 0.224. The van der Waals surface area contributed by atoms with E-state index in [4.69, 9.17) is 16.3 Å². The summed E-state index contributed by atoms with van der Waals surface area (Å²) in [4.78, 5) is 4.02. The zero-order chi connectivity index (χ0) is 12.7. The predicted octanol–water partition coefficient (Wildman–Crippen LogP) is 1.90. The molecule has 0 radical (unpaired) electrons. The van der Waals surface area contributed by atoms with E-state index in [-0.39, 0.29) is 6.10 Å². The Hall–Kier alpha value is -1.42. The standard InChI is InChI=1S/C12H18ClN3O/c1-9(8-16-12(14-2)15-3)17-11-7-5-4-6-10(11)13/h4-7,9H,8H2,1-3H3,(H2,14,15,16). The van der Waals surface area contributed by atoms with E-state index in [1.807, 2.05) is 38.2 Å². The van der Waals surface area contributed by atoms with Crippen molar-refractivity contribution in [3.8, 4) is 5.75 Å². The summed E-state index contributed by atoms with van der Waals surface area (Å²) in [5.41, 5.74) is 0. The highest BCUT2D eigenvalue weighted by molar-refractivity contribution is 6.32. The molecule has 0 aliphatic rings. The summed E-state index contributed by atoms with van der Waals surface area (Å²) in [6.45, 7) is 2.62. The second kappa shape index (κ2) is 7.01. The minimum absolute atomic E-state index is 0.000000000000000222. The Balaban J connectivity index is 2.45. The first kappa shape index (κ1) is 13.6. The van der Waals surface area contributed by atoms with Gasteiger partial charge in [-0.3, -0.25) is 4.99 Å². The molecule has 0 saturated heterocycles. The normalized spacial score (nSPS) is 13.1. The van der Waals surface area contributed by atoms with Gasteiger partial charge in [-0.05, 0) is 19.1 Å². The Labute approximate surface area is 107 Å². The Morgan fingerprint density at radius 3 is 2.76 bits per heavy atom. The first-order valence-electron chi connectivity index (χ1n) is 5.47. The van der Waals surface area contributed by atoms with Gasteiger partial charge in [-0.2, -0.15) is 0 Å². The average Bonchev–Trinajstić information content (AvgIpc) is 2.33. The van der Waals surface area contributed by atoms with Crippen molar-refractivity contribution < 1.29 is 4.74 Å². The fourth-order valence-corrected chi connectivity index (χ4v) is 1.50. The number of rotatable bonds is 4. The third-order valence-electron chi connectivity index (χ3n) is 2.18. The number of hydrogen-bond acceptors (Lipinski definition) is 2. The molecule has 17 heavy (non-hydrogen) atoms. The summed E-state index contributed by atoms with van der Waals surface area (Å²) in [6.07, 6.45) is -0.000000000000000222. The van der Waals surface area contributed by atoms with Crippen LogP contribution in [0.2, 0.25) is 5.02 Å². The van der Waals surface area contributed by atoms with Gasteiger partial charge in [0.2, 0.25) is 0 Å². The van der Waals surface area contributed by atoms with Crippen LogP contribution in [0.4, 0.5) is 0 Å². The van der Waals surface area contributed by atoms with Gasteiger partial charge in [0.25, 0.3) is 0 Å². The van der Waals surface area contributed by atoms with E-state index in [1.165, 1.54) is 0 Å². The summed E-state index contributed by atoms with van der Waals surface area (Å²) in [5, 5.41) is 6.69. The van der Waals surface area contributed by atoms with Crippen molar-refractivity contribution in [2.24, 2.45) is 4.99 Å².